The fourth-order valence-corrected chi connectivity index (χ4v) is 1.08. The summed E-state index contributed by atoms with van der Waals surface area (Å²) in [5.74, 6) is -0.0568. The Hall–Kier alpha value is -1.22. The molecule has 0 saturated carbocycles. The standard InChI is InChI=1S/C10H11NOS/c1-8(13)7-10(12)11-9-5-3-2-4-6-9/h2-6H,7H2,1H3,(H,11,12). The molecule has 1 aromatic rings. The van der Waals surface area contributed by atoms with Gasteiger partial charge in [-0.2, -0.15) is 0 Å². The van der Waals surface area contributed by atoms with Crippen molar-refractivity contribution in [1.29, 1.82) is 0 Å². The van der Waals surface area contributed by atoms with E-state index in [2.05, 4.69) is 5.32 Å². The summed E-state index contributed by atoms with van der Waals surface area (Å²) in [6.07, 6.45) is 0.310. The number of hydrogen-bond acceptors (Lipinski definition) is 2. The first-order valence-corrected chi connectivity index (χ1v) is 4.43. The summed E-state index contributed by atoms with van der Waals surface area (Å²) in [4.78, 5) is 11.9. The molecule has 0 aliphatic heterocycles. The first-order chi connectivity index (χ1) is 6.18. The highest BCUT2D eigenvalue weighted by Gasteiger charge is 2.01. The maximum absolute atomic E-state index is 11.2. The molecule has 1 amide bonds. The third-order valence-corrected chi connectivity index (χ3v) is 1.61. The molecule has 0 fully saturated rings. The van der Waals surface area contributed by atoms with Crippen LogP contribution < -0.4 is 5.32 Å². The van der Waals surface area contributed by atoms with E-state index in [-0.39, 0.29) is 5.91 Å². The Kier molecular flexibility index (Phi) is 3.58. The molecule has 0 heterocycles. The molecule has 0 saturated heterocycles. The molecule has 0 bridgehead atoms. The minimum atomic E-state index is -0.0568. The van der Waals surface area contributed by atoms with E-state index in [1.54, 1.807) is 6.92 Å². The van der Waals surface area contributed by atoms with E-state index in [0.29, 0.717) is 11.3 Å². The van der Waals surface area contributed by atoms with Crippen LogP contribution in [-0.2, 0) is 4.79 Å². The van der Waals surface area contributed by atoms with Crippen LogP contribution in [0.25, 0.3) is 0 Å². The van der Waals surface area contributed by atoms with E-state index in [4.69, 9.17) is 12.2 Å². The second-order valence-electron chi connectivity index (χ2n) is 2.79. The second kappa shape index (κ2) is 4.72. The van der Waals surface area contributed by atoms with Gasteiger partial charge in [-0.1, -0.05) is 30.4 Å². The van der Waals surface area contributed by atoms with Crippen molar-refractivity contribution in [3.8, 4) is 0 Å². The highest BCUT2D eigenvalue weighted by molar-refractivity contribution is 7.80. The highest BCUT2D eigenvalue weighted by atomic mass is 32.1. The Labute approximate surface area is 83.0 Å². The zero-order chi connectivity index (χ0) is 9.68. The number of carbonyl (C=O) groups excluding carboxylic acids is 1. The number of nitrogens with one attached hydrogen (secondary N) is 1. The second-order valence-corrected chi connectivity index (χ2v) is 3.49. The predicted molar refractivity (Wildman–Crippen MR) is 58.0 cm³/mol. The van der Waals surface area contributed by atoms with Crippen LogP contribution >= 0.6 is 12.2 Å². The van der Waals surface area contributed by atoms with Crippen LogP contribution in [0.5, 0.6) is 0 Å². The van der Waals surface area contributed by atoms with Crippen molar-refractivity contribution < 1.29 is 4.79 Å². The molecule has 1 N–H and O–H groups in total. The number of anilines is 1. The Morgan fingerprint density at radius 2 is 2.00 bits per heavy atom. The van der Waals surface area contributed by atoms with Crippen molar-refractivity contribution in [2.75, 3.05) is 5.32 Å². The molecule has 1 aromatic carbocycles. The first kappa shape index (κ1) is 9.86. The summed E-state index contributed by atoms with van der Waals surface area (Å²) >= 11 is 4.83. The monoisotopic (exact) mass is 193 g/mol. The smallest absolute Gasteiger partial charge is 0.229 e. The maximum atomic E-state index is 11.2. The Morgan fingerprint density at radius 1 is 1.38 bits per heavy atom. The van der Waals surface area contributed by atoms with Crippen LogP contribution in [0.15, 0.2) is 30.3 Å². The van der Waals surface area contributed by atoms with Crippen molar-refractivity contribution in [2.24, 2.45) is 0 Å². The lowest BCUT2D eigenvalue weighted by Crippen LogP contribution is -2.13. The number of hydrogen-bond donors (Lipinski definition) is 1. The van der Waals surface area contributed by atoms with Crippen molar-refractivity contribution in [3.63, 3.8) is 0 Å². The van der Waals surface area contributed by atoms with Gasteiger partial charge in [-0.15, -0.1) is 0 Å². The molecule has 0 spiro atoms. The van der Waals surface area contributed by atoms with Gasteiger partial charge in [0.15, 0.2) is 0 Å². The summed E-state index contributed by atoms with van der Waals surface area (Å²) in [7, 11) is 0. The third-order valence-electron chi connectivity index (χ3n) is 1.47. The number of benzene rings is 1. The highest BCUT2D eigenvalue weighted by Crippen LogP contribution is 2.05. The van der Waals surface area contributed by atoms with E-state index >= 15 is 0 Å². The molecule has 0 aromatic heterocycles. The largest absolute Gasteiger partial charge is 0.326 e. The van der Waals surface area contributed by atoms with Crippen molar-refractivity contribution in [1.82, 2.24) is 0 Å². The molecular formula is C10H11NOS. The Bertz CT molecular complexity index is 308. The molecule has 1 rings (SSSR count). The van der Waals surface area contributed by atoms with Gasteiger partial charge in [-0.25, -0.2) is 0 Å². The van der Waals surface area contributed by atoms with Crippen LogP contribution in [-0.4, -0.2) is 10.8 Å². The quantitative estimate of drug-likeness (QED) is 0.747. The van der Waals surface area contributed by atoms with E-state index in [1.165, 1.54) is 0 Å². The van der Waals surface area contributed by atoms with Gasteiger partial charge in [0, 0.05) is 5.69 Å². The van der Waals surface area contributed by atoms with Crippen molar-refractivity contribution in [2.45, 2.75) is 13.3 Å². The maximum Gasteiger partial charge on any atom is 0.229 e. The summed E-state index contributed by atoms with van der Waals surface area (Å²) < 4.78 is 0. The molecule has 2 nitrogen and oxygen atoms in total. The van der Waals surface area contributed by atoms with Crippen LogP contribution in [0.3, 0.4) is 0 Å². The zero-order valence-electron chi connectivity index (χ0n) is 7.41. The summed E-state index contributed by atoms with van der Waals surface area (Å²) in [5.41, 5.74) is 0.809. The summed E-state index contributed by atoms with van der Waals surface area (Å²) in [6, 6.07) is 9.34. The van der Waals surface area contributed by atoms with E-state index in [1.807, 2.05) is 30.3 Å². The van der Waals surface area contributed by atoms with Gasteiger partial charge in [0.25, 0.3) is 0 Å². The van der Waals surface area contributed by atoms with Gasteiger partial charge in [0.05, 0.1) is 6.42 Å². The van der Waals surface area contributed by atoms with Gasteiger partial charge in [-0.05, 0) is 23.9 Å². The summed E-state index contributed by atoms with van der Waals surface area (Å²) in [5, 5.41) is 2.75. The fourth-order valence-electron chi connectivity index (χ4n) is 0.953. The molecule has 3 heteroatoms. The number of carbonyl (C=O) groups is 1. The molecule has 68 valence electrons. The lowest BCUT2D eigenvalue weighted by Gasteiger charge is -2.02. The zero-order valence-corrected chi connectivity index (χ0v) is 8.23. The van der Waals surface area contributed by atoms with Crippen molar-refractivity contribution >= 4 is 28.7 Å². The SMILES string of the molecule is CC(=S)CC(=O)Nc1ccccc1. The van der Waals surface area contributed by atoms with Crippen molar-refractivity contribution in [3.05, 3.63) is 30.3 Å². The van der Waals surface area contributed by atoms with Gasteiger partial charge >= 0.3 is 0 Å². The molecule has 0 aliphatic carbocycles. The Morgan fingerprint density at radius 3 is 2.54 bits per heavy atom. The lowest BCUT2D eigenvalue weighted by atomic mass is 10.3. The number of amides is 1. The summed E-state index contributed by atoms with van der Waals surface area (Å²) in [6.45, 7) is 1.76. The van der Waals surface area contributed by atoms with Gasteiger partial charge in [-0.3, -0.25) is 4.79 Å². The minimum absolute atomic E-state index is 0.0568. The normalized spacial score (nSPS) is 9.31. The first-order valence-electron chi connectivity index (χ1n) is 4.03. The number of para-hydroxylation sites is 1. The van der Waals surface area contributed by atoms with E-state index in [9.17, 15) is 4.79 Å². The number of rotatable bonds is 3. The third kappa shape index (κ3) is 3.80. The molecule has 13 heavy (non-hydrogen) atoms. The van der Waals surface area contributed by atoms with Crippen LogP contribution in [0.4, 0.5) is 5.69 Å². The van der Waals surface area contributed by atoms with Crippen LogP contribution in [0.1, 0.15) is 13.3 Å². The Balaban J connectivity index is 2.50. The van der Waals surface area contributed by atoms with Crippen LogP contribution in [0, 0.1) is 0 Å². The molecule has 0 atom stereocenters. The minimum Gasteiger partial charge on any atom is -0.326 e. The van der Waals surface area contributed by atoms with E-state index < -0.39 is 0 Å². The average Bonchev–Trinajstić information content (AvgIpc) is 2.04. The van der Waals surface area contributed by atoms with Gasteiger partial charge < -0.3 is 5.32 Å². The molecular weight excluding hydrogens is 182 g/mol. The van der Waals surface area contributed by atoms with Crippen LogP contribution in [0.2, 0.25) is 0 Å². The predicted octanol–water partition coefficient (Wildman–Crippen LogP) is 2.41. The van der Waals surface area contributed by atoms with Gasteiger partial charge in [0.2, 0.25) is 5.91 Å². The topological polar surface area (TPSA) is 29.1 Å². The number of thiocarbonyl (C=S) groups is 1. The fraction of sp³-hybridized carbons (Fsp3) is 0.200. The van der Waals surface area contributed by atoms with E-state index in [0.717, 1.165) is 5.69 Å². The molecule has 0 radical (unpaired) electrons. The molecule has 0 aliphatic rings. The lowest BCUT2D eigenvalue weighted by molar-refractivity contribution is -0.115. The average molecular weight is 193 g/mol. The molecule has 0 unspecified atom stereocenters. The van der Waals surface area contributed by atoms with Gasteiger partial charge in [0.1, 0.15) is 0 Å².